The van der Waals surface area contributed by atoms with Crippen LogP contribution in [0.2, 0.25) is 0 Å². The number of nitrogens with zero attached hydrogens (tertiary/aromatic N) is 2. The minimum Gasteiger partial charge on any atom is -0.378 e. The average Bonchev–Trinajstić information content (AvgIpc) is 3.34. The number of ether oxygens (including phenoxy) is 1. The number of rotatable bonds is 3. The van der Waals surface area contributed by atoms with Gasteiger partial charge in [-0.15, -0.1) is 0 Å². The first-order chi connectivity index (χ1) is 15.8. The number of aromatic nitrogens is 1. The van der Waals surface area contributed by atoms with Gasteiger partial charge in [-0.25, -0.2) is 0 Å². The number of carbonyl (C=O) groups excluding carboxylic acids is 1. The summed E-state index contributed by atoms with van der Waals surface area (Å²) in [7, 11) is 0. The highest BCUT2D eigenvalue weighted by molar-refractivity contribution is 5.79. The summed E-state index contributed by atoms with van der Waals surface area (Å²) >= 11 is 0. The van der Waals surface area contributed by atoms with E-state index in [9.17, 15) is 4.79 Å². The molecule has 1 aromatic heterocycles. The summed E-state index contributed by atoms with van der Waals surface area (Å²) in [5.74, 6) is 0.580. The molecule has 0 aliphatic carbocycles. The molecule has 5 heteroatoms. The lowest BCUT2D eigenvalue weighted by Gasteiger charge is -2.36. The Morgan fingerprint density at radius 1 is 1.09 bits per heavy atom. The molecule has 0 saturated carbocycles. The standard InChI is InChI=1S/C27H27N3O2/c31-25(30-13-9-19-3-1-2-4-21(19)17-30)16-18-5-6-24-23(15-18)27-22(10-14-32-27)26(29-24)20-7-11-28-12-8-20/h1-8,11-12,15,22,26-27,29H,9-10,13-14,16-17H2. The number of benzene rings is 2. The maximum absolute atomic E-state index is 13.1. The van der Waals surface area contributed by atoms with Gasteiger partial charge in [-0.2, -0.15) is 0 Å². The molecule has 3 atom stereocenters. The van der Waals surface area contributed by atoms with Gasteiger partial charge in [-0.3, -0.25) is 9.78 Å². The van der Waals surface area contributed by atoms with Crippen LogP contribution < -0.4 is 5.32 Å². The quantitative estimate of drug-likeness (QED) is 0.674. The zero-order valence-corrected chi connectivity index (χ0v) is 18.0. The first-order valence-electron chi connectivity index (χ1n) is 11.5. The van der Waals surface area contributed by atoms with Crippen molar-refractivity contribution in [2.45, 2.75) is 38.0 Å². The molecule has 1 amide bonds. The predicted octanol–water partition coefficient (Wildman–Crippen LogP) is 4.45. The maximum atomic E-state index is 13.1. The Labute approximate surface area is 188 Å². The molecule has 6 rings (SSSR count). The highest BCUT2D eigenvalue weighted by atomic mass is 16.5. The van der Waals surface area contributed by atoms with Crippen molar-refractivity contribution in [3.63, 3.8) is 0 Å². The maximum Gasteiger partial charge on any atom is 0.227 e. The Hall–Kier alpha value is -3.18. The molecule has 4 heterocycles. The molecule has 2 aromatic carbocycles. The van der Waals surface area contributed by atoms with E-state index in [4.69, 9.17) is 4.74 Å². The number of hydrogen-bond donors (Lipinski definition) is 1. The third kappa shape index (κ3) is 3.47. The summed E-state index contributed by atoms with van der Waals surface area (Å²) in [6, 6.07) is 19.2. The number of fused-ring (bicyclic) bond motifs is 4. The van der Waals surface area contributed by atoms with Crippen LogP contribution >= 0.6 is 0 Å². The van der Waals surface area contributed by atoms with Crippen LogP contribution in [-0.2, 0) is 28.9 Å². The van der Waals surface area contributed by atoms with Gasteiger partial charge < -0.3 is 15.0 Å². The normalized spacial score (nSPS) is 23.6. The predicted molar refractivity (Wildman–Crippen MR) is 123 cm³/mol. The molecular weight excluding hydrogens is 398 g/mol. The molecule has 3 aromatic rings. The van der Waals surface area contributed by atoms with Crippen molar-refractivity contribution in [1.82, 2.24) is 9.88 Å². The SMILES string of the molecule is O=C(Cc1ccc2c(c1)C1OCCC1C(c1ccncc1)N2)N1CCc2ccccc2C1. The Morgan fingerprint density at radius 3 is 2.81 bits per heavy atom. The van der Waals surface area contributed by atoms with Crippen LogP contribution in [0.3, 0.4) is 0 Å². The van der Waals surface area contributed by atoms with Crippen LogP contribution in [0.1, 0.15) is 46.4 Å². The number of amides is 1. The lowest BCUT2D eigenvalue weighted by molar-refractivity contribution is -0.131. The van der Waals surface area contributed by atoms with Crippen molar-refractivity contribution in [2.24, 2.45) is 5.92 Å². The highest BCUT2D eigenvalue weighted by Gasteiger charge is 2.41. The second-order valence-corrected chi connectivity index (χ2v) is 9.08. The van der Waals surface area contributed by atoms with Crippen molar-refractivity contribution in [3.8, 4) is 0 Å². The Kier molecular flexibility index (Phi) is 4.91. The molecule has 1 N–H and O–H groups in total. The number of pyridine rings is 1. The summed E-state index contributed by atoms with van der Waals surface area (Å²) in [4.78, 5) is 19.2. The van der Waals surface area contributed by atoms with Gasteiger partial charge in [0.1, 0.15) is 0 Å². The van der Waals surface area contributed by atoms with Crippen LogP contribution in [0.25, 0.3) is 0 Å². The Balaban J connectivity index is 1.22. The number of hydrogen-bond acceptors (Lipinski definition) is 4. The molecular formula is C27H27N3O2. The molecule has 0 spiro atoms. The molecule has 32 heavy (non-hydrogen) atoms. The number of carbonyl (C=O) groups is 1. The van der Waals surface area contributed by atoms with E-state index in [0.717, 1.165) is 37.2 Å². The molecule has 162 valence electrons. The minimum atomic E-state index is 0.0707. The van der Waals surface area contributed by atoms with Gasteiger partial charge in [0, 0.05) is 49.3 Å². The summed E-state index contributed by atoms with van der Waals surface area (Å²) < 4.78 is 6.20. The first kappa shape index (κ1) is 19.5. The van der Waals surface area contributed by atoms with E-state index in [1.165, 1.54) is 22.3 Å². The largest absolute Gasteiger partial charge is 0.378 e. The topological polar surface area (TPSA) is 54.5 Å². The fraction of sp³-hybridized carbons (Fsp3) is 0.333. The van der Waals surface area contributed by atoms with Crippen molar-refractivity contribution in [3.05, 3.63) is 94.8 Å². The fourth-order valence-corrected chi connectivity index (χ4v) is 5.53. The van der Waals surface area contributed by atoms with Gasteiger partial charge >= 0.3 is 0 Å². The van der Waals surface area contributed by atoms with Crippen LogP contribution in [-0.4, -0.2) is 28.9 Å². The molecule has 1 fully saturated rings. The van der Waals surface area contributed by atoms with E-state index in [0.29, 0.717) is 18.9 Å². The molecule has 3 aliphatic heterocycles. The number of nitrogens with one attached hydrogen (secondary N) is 1. The smallest absolute Gasteiger partial charge is 0.227 e. The van der Waals surface area contributed by atoms with Crippen molar-refractivity contribution in [2.75, 3.05) is 18.5 Å². The van der Waals surface area contributed by atoms with Crippen molar-refractivity contribution in [1.29, 1.82) is 0 Å². The third-order valence-electron chi connectivity index (χ3n) is 7.20. The van der Waals surface area contributed by atoms with Gasteiger partial charge in [0.2, 0.25) is 5.91 Å². The van der Waals surface area contributed by atoms with E-state index < -0.39 is 0 Å². The van der Waals surface area contributed by atoms with Crippen LogP contribution in [0, 0.1) is 5.92 Å². The minimum absolute atomic E-state index is 0.0707. The van der Waals surface area contributed by atoms with Gasteiger partial charge in [0.25, 0.3) is 0 Å². The molecule has 3 aliphatic rings. The Morgan fingerprint density at radius 2 is 1.94 bits per heavy atom. The van der Waals surface area contributed by atoms with Crippen LogP contribution in [0.4, 0.5) is 5.69 Å². The Bertz CT molecular complexity index is 1150. The lowest BCUT2D eigenvalue weighted by atomic mass is 9.80. The van der Waals surface area contributed by atoms with E-state index in [1.54, 1.807) is 0 Å². The zero-order valence-electron chi connectivity index (χ0n) is 18.0. The molecule has 5 nitrogen and oxygen atoms in total. The van der Waals surface area contributed by atoms with E-state index in [1.807, 2.05) is 17.3 Å². The van der Waals surface area contributed by atoms with E-state index >= 15 is 0 Å². The molecule has 0 bridgehead atoms. The van der Waals surface area contributed by atoms with Crippen LogP contribution in [0.15, 0.2) is 67.0 Å². The van der Waals surface area contributed by atoms with E-state index in [2.05, 4.69) is 64.9 Å². The highest BCUT2D eigenvalue weighted by Crippen LogP contribution is 2.49. The van der Waals surface area contributed by atoms with Gasteiger partial charge in [-0.05, 0) is 53.3 Å². The van der Waals surface area contributed by atoms with E-state index in [-0.39, 0.29) is 18.1 Å². The molecule has 1 saturated heterocycles. The van der Waals surface area contributed by atoms with Gasteiger partial charge in [0.15, 0.2) is 0 Å². The second kappa shape index (κ2) is 8.06. The number of anilines is 1. The average molecular weight is 426 g/mol. The molecule has 3 unspecified atom stereocenters. The zero-order chi connectivity index (χ0) is 21.5. The lowest BCUT2D eigenvalue weighted by Crippen LogP contribution is -2.37. The van der Waals surface area contributed by atoms with Crippen molar-refractivity contribution < 1.29 is 9.53 Å². The summed E-state index contributed by atoms with van der Waals surface area (Å²) in [5, 5.41) is 3.74. The monoisotopic (exact) mass is 425 g/mol. The van der Waals surface area contributed by atoms with Crippen LogP contribution in [0.5, 0.6) is 0 Å². The fourth-order valence-electron chi connectivity index (χ4n) is 5.53. The molecule has 0 radical (unpaired) electrons. The van der Waals surface area contributed by atoms with Crippen molar-refractivity contribution >= 4 is 11.6 Å². The van der Waals surface area contributed by atoms with Gasteiger partial charge in [-0.1, -0.05) is 36.4 Å². The second-order valence-electron chi connectivity index (χ2n) is 9.08. The first-order valence-corrected chi connectivity index (χ1v) is 11.5. The summed E-state index contributed by atoms with van der Waals surface area (Å²) in [5.41, 5.74) is 7.24. The summed E-state index contributed by atoms with van der Waals surface area (Å²) in [6.07, 6.45) is 6.17. The third-order valence-corrected chi connectivity index (χ3v) is 7.20. The van der Waals surface area contributed by atoms with Gasteiger partial charge in [0.05, 0.1) is 18.6 Å². The summed E-state index contributed by atoms with van der Waals surface area (Å²) in [6.45, 7) is 2.28.